The van der Waals surface area contributed by atoms with Gasteiger partial charge in [-0.2, -0.15) is 0 Å². The van der Waals surface area contributed by atoms with Crippen LogP contribution in [0.5, 0.6) is 0 Å². The number of hydrogen-bond donors (Lipinski definition) is 0. The van der Waals surface area contributed by atoms with Crippen LogP contribution < -0.4 is 0 Å². The molecule has 5 aromatic rings. The van der Waals surface area contributed by atoms with Crippen LogP contribution in [0.1, 0.15) is 55.4 Å². The van der Waals surface area contributed by atoms with Crippen LogP contribution >= 0.6 is 0 Å². The average Bonchev–Trinajstić information content (AvgIpc) is 3.17. The van der Waals surface area contributed by atoms with Crippen molar-refractivity contribution in [3.8, 4) is 11.3 Å². The highest BCUT2D eigenvalue weighted by atomic mass is 16.3. The molecule has 0 aliphatic heterocycles. The molecule has 0 saturated heterocycles. The van der Waals surface area contributed by atoms with Gasteiger partial charge in [0.05, 0.1) is 5.69 Å². The summed E-state index contributed by atoms with van der Waals surface area (Å²) >= 11 is 0. The molecule has 0 saturated carbocycles. The zero-order chi connectivity index (χ0) is 24.5. The quantitative estimate of drug-likeness (QED) is 0.284. The van der Waals surface area contributed by atoms with Crippen LogP contribution in [0.4, 0.5) is 0 Å². The van der Waals surface area contributed by atoms with Crippen molar-refractivity contribution in [2.45, 2.75) is 53.3 Å². The summed E-state index contributed by atoms with van der Waals surface area (Å²) in [7, 11) is 0. The maximum atomic E-state index is 8.70. The highest BCUT2D eigenvalue weighted by Gasteiger charge is 2.19. The standard InChI is InChI=1S/C30H31NO/c1-29(2,3)18-19-14-15-31-26(16-19)24-9-7-8-22-23-13-11-20-10-12-21(30(4,5)6)17-25(20)28(23)32-27(22)24/h7-17H,18H2,1-6H3/i18D2. The van der Waals surface area contributed by atoms with Gasteiger partial charge in [0.1, 0.15) is 11.2 Å². The zero-order valence-corrected chi connectivity index (χ0v) is 19.7. The fraction of sp³-hybridized carbons (Fsp3) is 0.300. The molecule has 0 aliphatic rings. The smallest absolute Gasteiger partial charge is 0.144 e. The molecule has 0 unspecified atom stereocenters. The van der Waals surface area contributed by atoms with E-state index in [1.807, 2.05) is 39.0 Å². The van der Waals surface area contributed by atoms with Crippen LogP contribution in [-0.4, -0.2) is 4.98 Å². The second-order valence-electron chi connectivity index (χ2n) is 10.7. The summed E-state index contributed by atoms with van der Waals surface area (Å²) < 4.78 is 24.0. The predicted molar refractivity (Wildman–Crippen MR) is 136 cm³/mol. The highest BCUT2D eigenvalue weighted by molar-refractivity contribution is 6.17. The van der Waals surface area contributed by atoms with Crippen molar-refractivity contribution in [3.63, 3.8) is 0 Å². The summed E-state index contributed by atoms with van der Waals surface area (Å²) in [5.41, 5.74) is 4.66. The Morgan fingerprint density at radius 2 is 1.56 bits per heavy atom. The van der Waals surface area contributed by atoms with E-state index in [0.29, 0.717) is 5.56 Å². The monoisotopic (exact) mass is 423 g/mol. The molecule has 0 radical (unpaired) electrons. The van der Waals surface area contributed by atoms with Crippen LogP contribution in [0.15, 0.2) is 71.3 Å². The third-order valence-electron chi connectivity index (χ3n) is 5.90. The molecule has 5 rings (SSSR count). The Morgan fingerprint density at radius 1 is 0.812 bits per heavy atom. The fourth-order valence-corrected chi connectivity index (χ4v) is 4.33. The maximum Gasteiger partial charge on any atom is 0.144 e. The number of para-hydroxylation sites is 1. The number of rotatable bonds is 2. The number of furan rings is 1. The van der Waals surface area contributed by atoms with Gasteiger partial charge in [0.25, 0.3) is 0 Å². The molecule has 0 spiro atoms. The number of nitrogens with zero attached hydrogens (tertiary/aromatic N) is 1. The Labute approximate surface area is 193 Å². The van der Waals surface area contributed by atoms with Gasteiger partial charge in [-0.25, -0.2) is 0 Å². The fourth-order valence-electron chi connectivity index (χ4n) is 4.33. The van der Waals surface area contributed by atoms with E-state index in [4.69, 9.17) is 7.16 Å². The molecule has 0 N–H and O–H groups in total. The molecule has 0 atom stereocenters. The van der Waals surface area contributed by atoms with Crippen LogP contribution in [0.3, 0.4) is 0 Å². The Kier molecular flexibility index (Phi) is 4.15. The van der Waals surface area contributed by atoms with Crippen molar-refractivity contribution >= 4 is 32.7 Å². The molecule has 0 aliphatic carbocycles. The first kappa shape index (κ1) is 18.4. The van der Waals surface area contributed by atoms with E-state index >= 15 is 0 Å². The van der Waals surface area contributed by atoms with E-state index in [2.05, 4.69) is 62.2 Å². The normalized spacial score (nSPS) is 14.2. The van der Waals surface area contributed by atoms with E-state index in [1.54, 1.807) is 12.3 Å². The number of pyridine rings is 1. The van der Waals surface area contributed by atoms with Crippen molar-refractivity contribution in [1.29, 1.82) is 0 Å². The molecular formula is C30H31NO. The first-order valence-electron chi connectivity index (χ1n) is 12.2. The van der Waals surface area contributed by atoms with Gasteiger partial charge >= 0.3 is 0 Å². The van der Waals surface area contributed by atoms with Crippen LogP contribution in [0.2, 0.25) is 0 Å². The second kappa shape index (κ2) is 7.20. The van der Waals surface area contributed by atoms with Crippen LogP contribution in [-0.2, 0) is 11.8 Å². The SMILES string of the molecule is [2H]C([2H])(c1ccnc(-c2cccc3c2oc2c4cc(C(C)(C)C)ccc4ccc32)c1)C(C)(C)C. The Hall–Kier alpha value is -3.13. The molecule has 2 aromatic heterocycles. The Morgan fingerprint density at radius 3 is 2.31 bits per heavy atom. The molecule has 2 nitrogen and oxygen atoms in total. The summed E-state index contributed by atoms with van der Waals surface area (Å²) in [6, 6.07) is 20.6. The van der Waals surface area contributed by atoms with Crippen molar-refractivity contribution in [2.24, 2.45) is 5.41 Å². The first-order valence-corrected chi connectivity index (χ1v) is 11.2. The number of fused-ring (bicyclic) bond motifs is 5. The summed E-state index contributed by atoms with van der Waals surface area (Å²) in [5.74, 6) is 0. The highest BCUT2D eigenvalue weighted by Crippen LogP contribution is 2.39. The van der Waals surface area contributed by atoms with Crippen molar-refractivity contribution < 1.29 is 7.16 Å². The average molecular weight is 424 g/mol. The molecule has 0 fully saturated rings. The lowest BCUT2D eigenvalue weighted by Crippen LogP contribution is -2.10. The third-order valence-corrected chi connectivity index (χ3v) is 5.90. The van der Waals surface area contributed by atoms with E-state index in [1.165, 1.54) is 5.56 Å². The molecule has 2 heteroatoms. The molecule has 162 valence electrons. The molecular weight excluding hydrogens is 390 g/mol. The largest absolute Gasteiger partial charge is 0.455 e. The minimum absolute atomic E-state index is 0.0456. The predicted octanol–water partition coefficient (Wildman–Crippen LogP) is 8.69. The van der Waals surface area contributed by atoms with Crippen LogP contribution in [0, 0.1) is 5.41 Å². The second-order valence-corrected chi connectivity index (χ2v) is 10.7. The summed E-state index contributed by atoms with van der Waals surface area (Å²) in [4.78, 5) is 4.61. The van der Waals surface area contributed by atoms with Gasteiger partial charge < -0.3 is 4.42 Å². The summed E-state index contributed by atoms with van der Waals surface area (Å²) in [6.07, 6.45) is 0.201. The van der Waals surface area contributed by atoms with Gasteiger partial charge in [-0.15, -0.1) is 0 Å². The summed E-state index contributed by atoms with van der Waals surface area (Å²) in [6.45, 7) is 12.4. The van der Waals surface area contributed by atoms with Gasteiger partial charge in [-0.3, -0.25) is 4.98 Å². The van der Waals surface area contributed by atoms with E-state index in [0.717, 1.165) is 44.0 Å². The maximum absolute atomic E-state index is 8.70. The van der Waals surface area contributed by atoms with Gasteiger partial charge in [0, 0.05) is 30.7 Å². The molecule has 3 aromatic carbocycles. The molecule has 32 heavy (non-hydrogen) atoms. The minimum atomic E-state index is -1.49. The van der Waals surface area contributed by atoms with Crippen molar-refractivity contribution in [1.82, 2.24) is 4.98 Å². The number of aromatic nitrogens is 1. The minimum Gasteiger partial charge on any atom is -0.455 e. The molecule has 0 bridgehead atoms. The summed E-state index contributed by atoms with van der Waals surface area (Å²) in [5, 5.41) is 4.38. The molecule has 0 amide bonds. The first-order chi connectivity index (χ1) is 15.9. The van der Waals surface area contributed by atoms with E-state index in [9.17, 15) is 0 Å². The lowest BCUT2D eigenvalue weighted by atomic mass is 9.86. The zero-order valence-electron chi connectivity index (χ0n) is 21.7. The lowest BCUT2D eigenvalue weighted by Gasteiger charge is -2.19. The van der Waals surface area contributed by atoms with Gasteiger partial charge in [-0.05, 0) is 64.0 Å². The Balaban J connectivity index is 1.76. The van der Waals surface area contributed by atoms with Gasteiger partial charge in [0.2, 0.25) is 0 Å². The van der Waals surface area contributed by atoms with Crippen molar-refractivity contribution in [2.75, 3.05) is 0 Å². The van der Waals surface area contributed by atoms with Gasteiger partial charge in [0.15, 0.2) is 0 Å². The third kappa shape index (κ3) is 3.68. The lowest BCUT2D eigenvalue weighted by molar-refractivity contribution is 0.411. The van der Waals surface area contributed by atoms with E-state index < -0.39 is 11.8 Å². The number of hydrogen-bond acceptors (Lipinski definition) is 2. The van der Waals surface area contributed by atoms with Gasteiger partial charge in [-0.1, -0.05) is 71.9 Å². The van der Waals surface area contributed by atoms with E-state index in [-0.39, 0.29) is 5.41 Å². The topological polar surface area (TPSA) is 26.0 Å². The van der Waals surface area contributed by atoms with Crippen LogP contribution in [0.25, 0.3) is 44.0 Å². The molecule has 2 heterocycles. The Bertz CT molecular complexity index is 1550. The number of benzene rings is 3. The van der Waals surface area contributed by atoms with Crippen molar-refractivity contribution in [3.05, 3.63) is 78.0 Å².